The zero-order valence-corrected chi connectivity index (χ0v) is 22.6. The molecule has 0 radical (unpaired) electrons. The van der Waals surface area contributed by atoms with Crippen molar-refractivity contribution in [1.82, 2.24) is 0 Å². The zero-order valence-electron chi connectivity index (χ0n) is 20.3. The zero-order chi connectivity index (χ0) is 25.2. The summed E-state index contributed by atoms with van der Waals surface area (Å²) in [4.78, 5) is 71.5. The number of carbonyl (C=O) groups excluding carboxylic acids is 6. The van der Waals surface area contributed by atoms with E-state index in [1.807, 2.05) is 27.7 Å². The standard InChI is InChI=1S/2C14H13O3.Ca/c2*1-8(2)7-11(15)12-13(16)9-5-3-4-6-10(9)14(12)17;/h2*3-6,8H,7H2,1-2H3;/q2*-1;+2. The Bertz CT molecular complexity index is 1030. The van der Waals surface area contributed by atoms with Gasteiger partial charge < -0.3 is 28.8 Å². The number of ketones is 6. The molecule has 0 saturated carbocycles. The molecule has 0 fully saturated rings. The first-order chi connectivity index (χ1) is 16.0. The maximum atomic E-state index is 12.0. The van der Waals surface area contributed by atoms with Gasteiger partial charge >= 0.3 is 37.7 Å². The van der Waals surface area contributed by atoms with E-state index in [1.165, 1.54) is 0 Å². The average Bonchev–Trinajstić information content (AvgIpc) is 3.18. The van der Waals surface area contributed by atoms with Crippen LogP contribution in [0.4, 0.5) is 0 Å². The quantitative estimate of drug-likeness (QED) is 0.438. The Labute approximate surface area is 234 Å². The van der Waals surface area contributed by atoms with Crippen LogP contribution >= 0.6 is 0 Å². The number of rotatable bonds is 6. The minimum absolute atomic E-state index is 0. The summed E-state index contributed by atoms with van der Waals surface area (Å²) in [5, 5.41) is 0. The van der Waals surface area contributed by atoms with Gasteiger partial charge in [0.25, 0.3) is 0 Å². The van der Waals surface area contributed by atoms with Crippen molar-refractivity contribution in [2.45, 2.75) is 40.5 Å². The summed E-state index contributed by atoms with van der Waals surface area (Å²) >= 11 is 0. The molecule has 6 nitrogen and oxygen atoms in total. The summed E-state index contributed by atoms with van der Waals surface area (Å²) in [6, 6.07) is 13.1. The molecule has 0 N–H and O–H groups in total. The third-order valence-corrected chi connectivity index (χ3v) is 5.49. The van der Waals surface area contributed by atoms with Crippen LogP contribution in [-0.2, 0) is 9.59 Å². The third kappa shape index (κ3) is 6.00. The Morgan fingerprint density at radius 3 is 1.00 bits per heavy atom. The van der Waals surface area contributed by atoms with E-state index >= 15 is 0 Å². The van der Waals surface area contributed by atoms with Gasteiger partial charge in [-0.2, -0.15) is 0 Å². The summed E-state index contributed by atoms with van der Waals surface area (Å²) in [5.74, 6) is -2.42. The smallest absolute Gasteiger partial charge is 0.318 e. The first-order valence-corrected chi connectivity index (χ1v) is 11.2. The molecule has 0 atom stereocenters. The first-order valence-electron chi connectivity index (χ1n) is 11.2. The predicted molar refractivity (Wildman–Crippen MR) is 131 cm³/mol. The number of carbonyl (C=O) groups is 6. The molecule has 0 heterocycles. The summed E-state index contributed by atoms with van der Waals surface area (Å²) < 4.78 is 0. The van der Waals surface area contributed by atoms with Gasteiger partial charge in [-0.1, -0.05) is 52.0 Å². The number of hydrogen-bond donors (Lipinski definition) is 0. The van der Waals surface area contributed by atoms with Gasteiger partial charge in [-0.15, -0.1) is 46.5 Å². The number of Topliss-reactive ketones (excluding diaryl/α,β-unsaturated/α-hetero) is 6. The Morgan fingerprint density at radius 1 is 0.571 bits per heavy atom. The minimum atomic E-state index is -0.420. The van der Waals surface area contributed by atoms with Crippen LogP contribution in [0, 0.1) is 23.7 Å². The summed E-state index contributed by atoms with van der Waals surface area (Å²) in [7, 11) is 0. The minimum Gasteiger partial charge on any atom is -0.318 e. The van der Waals surface area contributed by atoms with E-state index in [0.717, 1.165) is 0 Å². The average molecular weight is 499 g/mol. The molecule has 0 bridgehead atoms. The molecule has 0 spiro atoms. The van der Waals surface area contributed by atoms with Crippen molar-refractivity contribution in [1.29, 1.82) is 0 Å². The monoisotopic (exact) mass is 498 g/mol. The van der Waals surface area contributed by atoms with Crippen LogP contribution in [0.1, 0.15) is 82.0 Å². The Morgan fingerprint density at radius 2 is 0.800 bits per heavy atom. The van der Waals surface area contributed by atoms with Gasteiger partial charge in [-0.05, 0) is 11.8 Å². The fraction of sp³-hybridized carbons (Fsp3) is 0.286. The van der Waals surface area contributed by atoms with E-state index < -0.39 is 23.1 Å². The maximum absolute atomic E-state index is 12.0. The molecule has 2 aliphatic carbocycles. The van der Waals surface area contributed by atoms with Crippen LogP contribution in [0.3, 0.4) is 0 Å². The Balaban J connectivity index is 0.000000240. The number of benzene rings is 2. The topological polar surface area (TPSA) is 102 Å². The molecule has 2 aromatic rings. The van der Waals surface area contributed by atoms with Gasteiger partial charge in [0.15, 0.2) is 0 Å². The summed E-state index contributed by atoms with van der Waals surface area (Å²) in [6.45, 7) is 7.54. The number of hydrogen-bond acceptors (Lipinski definition) is 6. The predicted octanol–water partition coefficient (Wildman–Crippen LogP) is 4.13. The second kappa shape index (κ2) is 11.9. The molecule has 176 valence electrons. The summed E-state index contributed by atoms with van der Waals surface area (Å²) in [5.41, 5.74) is 1.41. The normalized spacial score (nSPS) is 14.0. The van der Waals surface area contributed by atoms with Crippen molar-refractivity contribution >= 4 is 72.4 Å². The van der Waals surface area contributed by atoms with E-state index in [-0.39, 0.29) is 85.8 Å². The second-order valence-electron chi connectivity index (χ2n) is 9.20. The Kier molecular flexibility index (Phi) is 9.78. The van der Waals surface area contributed by atoms with Crippen molar-refractivity contribution in [3.8, 4) is 0 Å². The molecule has 0 saturated heterocycles. The van der Waals surface area contributed by atoms with Gasteiger partial charge in [-0.3, -0.25) is 0 Å². The van der Waals surface area contributed by atoms with Crippen LogP contribution < -0.4 is 0 Å². The molecule has 0 unspecified atom stereocenters. The SMILES string of the molecule is CC(C)CC(=O)[C-]1C(=O)c2ccccc2C1=O.CC(C)CC(=O)[C-]1C(=O)c2ccccc2C1=O.[Ca+2]. The fourth-order valence-corrected chi connectivity index (χ4v) is 3.96. The van der Waals surface area contributed by atoms with Gasteiger partial charge in [0.2, 0.25) is 0 Å². The van der Waals surface area contributed by atoms with E-state index in [0.29, 0.717) is 22.3 Å². The molecule has 35 heavy (non-hydrogen) atoms. The fourth-order valence-electron chi connectivity index (χ4n) is 3.96. The van der Waals surface area contributed by atoms with Gasteiger partial charge in [-0.25, -0.2) is 0 Å². The van der Waals surface area contributed by atoms with Gasteiger partial charge in [0.05, 0.1) is 23.1 Å². The van der Waals surface area contributed by atoms with E-state index in [9.17, 15) is 28.8 Å². The number of fused-ring (bicyclic) bond motifs is 2. The second-order valence-corrected chi connectivity index (χ2v) is 9.20. The van der Waals surface area contributed by atoms with Crippen LogP contribution in [0.25, 0.3) is 0 Å². The van der Waals surface area contributed by atoms with Crippen LogP contribution in [0.5, 0.6) is 0 Å². The molecule has 0 aliphatic heterocycles. The Hall–Kier alpha value is -2.54. The van der Waals surface area contributed by atoms with Gasteiger partial charge in [0.1, 0.15) is 11.6 Å². The first kappa shape index (κ1) is 28.7. The van der Waals surface area contributed by atoms with Crippen molar-refractivity contribution < 1.29 is 28.8 Å². The van der Waals surface area contributed by atoms with E-state index in [4.69, 9.17) is 0 Å². The van der Waals surface area contributed by atoms with Crippen molar-refractivity contribution in [2.75, 3.05) is 0 Å². The third-order valence-electron chi connectivity index (χ3n) is 5.49. The van der Waals surface area contributed by atoms with Crippen LogP contribution in [0.2, 0.25) is 0 Å². The van der Waals surface area contributed by atoms with Crippen molar-refractivity contribution in [2.24, 2.45) is 11.8 Å². The molecule has 4 rings (SSSR count). The van der Waals surface area contributed by atoms with E-state index in [1.54, 1.807) is 48.5 Å². The van der Waals surface area contributed by atoms with Crippen molar-refractivity contribution in [3.05, 3.63) is 82.6 Å². The molecule has 0 amide bonds. The van der Waals surface area contributed by atoms with Crippen molar-refractivity contribution in [3.63, 3.8) is 0 Å². The van der Waals surface area contributed by atoms with Gasteiger partial charge in [0, 0.05) is 24.7 Å². The molecular formula is C28H26CaO6. The molecule has 2 aliphatic rings. The maximum Gasteiger partial charge on any atom is 2.00 e. The molecular weight excluding hydrogens is 472 g/mol. The van der Waals surface area contributed by atoms with Crippen LogP contribution in [0.15, 0.2) is 48.5 Å². The van der Waals surface area contributed by atoms with Crippen LogP contribution in [-0.4, -0.2) is 72.4 Å². The largest absolute Gasteiger partial charge is 2.00 e. The molecule has 2 aromatic carbocycles. The summed E-state index contributed by atoms with van der Waals surface area (Å²) in [6.07, 6.45) is 0.474. The molecule has 0 aromatic heterocycles. The van der Waals surface area contributed by atoms with E-state index in [2.05, 4.69) is 0 Å². The molecule has 7 heteroatoms.